The van der Waals surface area contributed by atoms with E-state index in [9.17, 15) is 14.9 Å². The van der Waals surface area contributed by atoms with Crippen molar-refractivity contribution in [3.63, 3.8) is 0 Å². The number of rotatable bonds is 6. The Bertz CT molecular complexity index is 1050. The van der Waals surface area contributed by atoms with Crippen molar-refractivity contribution in [2.75, 3.05) is 6.61 Å². The van der Waals surface area contributed by atoms with Gasteiger partial charge in [0.2, 0.25) is 0 Å². The summed E-state index contributed by atoms with van der Waals surface area (Å²) in [6.07, 6.45) is 2.04. The Hall–Kier alpha value is -3.00. The summed E-state index contributed by atoms with van der Waals surface area (Å²) in [5, 5.41) is 10.9. The van der Waals surface area contributed by atoms with Gasteiger partial charge >= 0.3 is 0 Å². The predicted molar refractivity (Wildman–Crippen MR) is 104 cm³/mol. The molecule has 1 amide bonds. The third-order valence-corrected chi connectivity index (χ3v) is 5.16. The second kappa shape index (κ2) is 8.13. The highest BCUT2D eigenvalue weighted by molar-refractivity contribution is 7.16. The van der Waals surface area contributed by atoms with Gasteiger partial charge in [-0.1, -0.05) is 24.7 Å². The zero-order chi connectivity index (χ0) is 19.4. The van der Waals surface area contributed by atoms with Crippen LogP contribution in [0, 0.1) is 10.1 Å². The minimum absolute atomic E-state index is 0.0147. The molecule has 140 valence electrons. The number of carbonyl (C=O) groups excluding carboxylic acids is 1. The lowest BCUT2D eigenvalue weighted by atomic mass is 10.2. The summed E-state index contributed by atoms with van der Waals surface area (Å²) < 4.78 is 8.05. The molecule has 1 heterocycles. The molecule has 0 unspecified atom stereocenters. The number of hydrogen-bond acceptors (Lipinski definition) is 5. The summed E-state index contributed by atoms with van der Waals surface area (Å²) in [5.74, 6) is 0.353. The molecule has 0 saturated carbocycles. The first-order valence-corrected chi connectivity index (χ1v) is 9.37. The summed E-state index contributed by atoms with van der Waals surface area (Å²) in [7, 11) is 1.78. The average Bonchev–Trinajstić information content (AvgIpc) is 2.97. The second-order valence-corrected chi connectivity index (χ2v) is 7.01. The molecule has 0 N–H and O–H groups in total. The van der Waals surface area contributed by atoms with Crippen LogP contribution in [0.4, 0.5) is 5.69 Å². The Morgan fingerprint density at radius 1 is 1.26 bits per heavy atom. The predicted octanol–water partition coefficient (Wildman–Crippen LogP) is 4.07. The highest BCUT2D eigenvalue weighted by Gasteiger charge is 2.11. The van der Waals surface area contributed by atoms with E-state index in [1.807, 2.05) is 0 Å². The second-order valence-electron chi connectivity index (χ2n) is 6.00. The molecule has 2 aromatic carbocycles. The Labute approximate surface area is 159 Å². The SMILES string of the molecule is CCCCOc1ccc(C(=O)N=c2sc3cc([N+](=O)[O-])ccc3n2C)cc1. The van der Waals surface area contributed by atoms with E-state index < -0.39 is 4.92 Å². The fraction of sp³-hybridized carbons (Fsp3) is 0.263. The van der Waals surface area contributed by atoms with Crippen LogP contribution in [0.3, 0.4) is 0 Å². The van der Waals surface area contributed by atoms with Crippen LogP contribution in [0.1, 0.15) is 30.1 Å². The molecule has 27 heavy (non-hydrogen) atoms. The molecule has 0 aliphatic heterocycles. The largest absolute Gasteiger partial charge is 0.494 e. The number of benzene rings is 2. The first-order valence-electron chi connectivity index (χ1n) is 8.55. The lowest BCUT2D eigenvalue weighted by Crippen LogP contribution is -2.13. The zero-order valence-corrected chi connectivity index (χ0v) is 15.9. The van der Waals surface area contributed by atoms with Crippen LogP contribution in [0.25, 0.3) is 10.2 Å². The first kappa shape index (κ1) is 18.8. The Balaban J connectivity index is 1.86. The minimum Gasteiger partial charge on any atom is -0.494 e. The molecule has 3 rings (SSSR count). The number of carbonyl (C=O) groups is 1. The van der Waals surface area contributed by atoms with E-state index in [1.165, 1.54) is 23.5 Å². The lowest BCUT2D eigenvalue weighted by Gasteiger charge is -2.05. The first-order chi connectivity index (χ1) is 13.0. The number of thiazole rings is 1. The van der Waals surface area contributed by atoms with Crippen molar-refractivity contribution in [3.8, 4) is 5.75 Å². The monoisotopic (exact) mass is 385 g/mol. The van der Waals surface area contributed by atoms with Crippen molar-refractivity contribution in [2.24, 2.45) is 12.0 Å². The zero-order valence-electron chi connectivity index (χ0n) is 15.0. The van der Waals surface area contributed by atoms with E-state index in [1.54, 1.807) is 41.9 Å². The number of amides is 1. The molecule has 0 spiro atoms. The van der Waals surface area contributed by atoms with Crippen LogP contribution in [0.2, 0.25) is 0 Å². The summed E-state index contributed by atoms with van der Waals surface area (Å²) in [4.78, 5) is 27.6. The number of nitro benzene ring substituents is 1. The van der Waals surface area contributed by atoms with Gasteiger partial charge in [0.05, 0.1) is 21.7 Å². The van der Waals surface area contributed by atoms with Crippen molar-refractivity contribution in [2.45, 2.75) is 19.8 Å². The van der Waals surface area contributed by atoms with Gasteiger partial charge in [-0.3, -0.25) is 14.9 Å². The maximum Gasteiger partial charge on any atom is 0.279 e. The number of nitrogens with zero attached hydrogens (tertiary/aromatic N) is 3. The molecule has 8 heteroatoms. The van der Waals surface area contributed by atoms with Crippen molar-refractivity contribution < 1.29 is 14.5 Å². The van der Waals surface area contributed by atoms with E-state index in [4.69, 9.17) is 4.74 Å². The number of ether oxygens (including phenoxy) is 1. The topological polar surface area (TPSA) is 86.7 Å². The van der Waals surface area contributed by atoms with Crippen LogP contribution in [0.15, 0.2) is 47.5 Å². The standard InChI is InChI=1S/C19H19N3O4S/c1-3-4-11-26-15-8-5-13(6-9-15)18(23)20-19-21(2)16-10-7-14(22(24)25)12-17(16)27-19/h5-10,12H,3-4,11H2,1-2H3. The number of aryl methyl sites for hydroxylation is 1. The molecule has 0 fully saturated rings. The summed E-state index contributed by atoms with van der Waals surface area (Å²) in [6, 6.07) is 11.5. The van der Waals surface area contributed by atoms with Gasteiger partial charge in [-0.2, -0.15) is 4.99 Å². The van der Waals surface area contributed by atoms with E-state index in [0.717, 1.165) is 24.1 Å². The fourth-order valence-corrected chi connectivity index (χ4v) is 3.57. The van der Waals surface area contributed by atoms with E-state index in [0.29, 0.717) is 21.7 Å². The normalized spacial score (nSPS) is 11.7. The van der Waals surface area contributed by atoms with Gasteiger partial charge in [-0.05, 0) is 36.8 Å². The summed E-state index contributed by atoms with van der Waals surface area (Å²) >= 11 is 1.24. The van der Waals surface area contributed by atoms with E-state index in [2.05, 4.69) is 11.9 Å². The van der Waals surface area contributed by atoms with Crippen LogP contribution < -0.4 is 9.54 Å². The van der Waals surface area contributed by atoms with E-state index in [-0.39, 0.29) is 11.6 Å². The third kappa shape index (κ3) is 4.22. The van der Waals surface area contributed by atoms with Gasteiger partial charge in [-0.25, -0.2) is 0 Å². The van der Waals surface area contributed by atoms with Gasteiger partial charge in [-0.15, -0.1) is 0 Å². The van der Waals surface area contributed by atoms with Crippen molar-refractivity contribution in [1.82, 2.24) is 4.57 Å². The molecule has 1 aromatic heterocycles. The molecule has 0 bridgehead atoms. The van der Waals surface area contributed by atoms with Gasteiger partial charge in [0.1, 0.15) is 5.75 Å². The van der Waals surface area contributed by atoms with Gasteiger partial charge in [0.15, 0.2) is 4.80 Å². The molecule has 0 aliphatic rings. The van der Waals surface area contributed by atoms with Crippen molar-refractivity contribution in [3.05, 3.63) is 62.9 Å². The van der Waals surface area contributed by atoms with Crippen LogP contribution >= 0.6 is 11.3 Å². The van der Waals surface area contributed by atoms with Crippen LogP contribution in [0.5, 0.6) is 5.75 Å². The maximum atomic E-state index is 12.5. The minimum atomic E-state index is -0.439. The van der Waals surface area contributed by atoms with Crippen molar-refractivity contribution >= 4 is 33.1 Å². The molecule has 0 atom stereocenters. The number of unbranched alkanes of at least 4 members (excludes halogenated alkanes) is 1. The molecular weight excluding hydrogens is 366 g/mol. The molecule has 7 nitrogen and oxygen atoms in total. The molecule has 0 radical (unpaired) electrons. The maximum absolute atomic E-state index is 12.5. The highest BCUT2D eigenvalue weighted by atomic mass is 32.1. The van der Waals surface area contributed by atoms with Gasteiger partial charge < -0.3 is 9.30 Å². The molecule has 0 aliphatic carbocycles. The molecule has 0 saturated heterocycles. The average molecular weight is 385 g/mol. The Kier molecular flexibility index (Phi) is 5.66. The number of fused-ring (bicyclic) bond motifs is 1. The number of non-ortho nitro benzene ring substituents is 1. The van der Waals surface area contributed by atoms with E-state index >= 15 is 0 Å². The smallest absolute Gasteiger partial charge is 0.279 e. The summed E-state index contributed by atoms with van der Waals surface area (Å²) in [5.41, 5.74) is 1.26. The lowest BCUT2D eigenvalue weighted by molar-refractivity contribution is -0.384. The summed E-state index contributed by atoms with van der Waals surface area (Å²) in [6.45, 7) is 2.75. The Morgan fingerprint density at radius 3 is 2.67 bits per heavy atom. The molecule has 3 aromatic rings. The number of hydrogen-bond donors (Lipinski definition) is 0. The number of nitro groups is 1. The fourth-order valence-electron chi connectivity index (χ4n) is 2.52. The highest BCUT2D eigenvalue weighted by Crippen LogP contribution is 2.22. The Morgan fingerprint density at radius 2 is 2.00 bits per heavy atom. The molecular formula is C19H19N3O4S. The van der Waals surface area contributed by atoms with Gasteiger partial charge in [0, 0.05) is 24.7 Å². The van der Waals surface area contributed by atoms with Crippen LogP contribution in [-0.4, -0.2) is 22.0 Å². The van der Waals surface area contributed by atoms with Gasteiger partial charge in [0.25, 0.3) is 11.6 Å². The number of aromatic nitrogens is 1. The third-order valence-electron chi connectivity index (χ3n) is 4.07. The van der Waals surface area contributed by atoms with Crippen molar-refractivity contribution in [1.29, 1.82) is 0 Å². The van der Waals surface area contributed by atoms with Crippen LogP contribution in [-0.2, 0) is 7.05 Å². The quantitative estimate of drug-likeness (QED) is 0.364.